The quantitative estimate of drug-likeness (QED) is 0.535. The van der Waals surface area contributed by atoms with Crippen LogP contribution in [0.1, 0.15) is 34.0 Å². The highest BCUT2D eigenvalue weighted by Crippen LogP contribution is 2.23. The van der Waals surface area contributed by atoms with Gasteiger partial charge in [0.05, 0.1) is 25.4 Å². The van der Waals surface area contributed by atoms with Crippen molar-refractivity contribution in [2.75, 3.05) is 26.0 Å². The van der Waals surface area contributed by atoms with E-state index < -0.39 is 0 Å². The first kappa shape index (κ1) is 21.4. The molecule has 0 saturated heterocycles. The molecule has 7 heteroatoms. The number of nitrogens with zero attached hydrogens (tertiary/aromatic N) is 2. The van der Waals surface area contributed by atoms with Crippen molar-refractivity contribution in [3.63, 3.8) is 0 Å². The summed E-state index contributed by atoms with van der Waals surface area (Å²) in [5.74, 6) is -0.285. The van der Waals surface area contributed by atoms with Crippen LogP contribution in [0.3, 0.4) is 0 Å². The van der Waals surface area contributed by atoms with Crippen LogP contribution in [0, 0.1) is 0 Å². The first-order chi connectivity index (χ1) is 14.7. The number of amides is 1. The number of ether oxygens (including phenoxy) is 2. The lowest BCUT2D eigenvalue weighted by atomic mass is 10.1. The number of hydrogen-bond donors (Lipinski definition) is 2. The van der Waals surface area contributed by atoms with Crippen molar-refractivity contribution in [2.45, 2.75) is 19.1 Å². The molecule has 30 heavy (non-hydrogen) atoms. The molecule has 7 nitrogen and oxygen atoms in total. The summed E-state index contributed by atoms with van der Waals surface area (Å²) in [6, 6.07) is 18.0. The predicted molar refractivity (Wildman–Crippen MR) is 115 cm³/mol. The van der Waals surface area contributed by atoms with Gasteiger partial charge in [0.25, 0.3) is 5.91 Å². The molecule has 2 aromatic carbocycles. The van der Waals surface area contributed by atoms with Crippen molar-refractivity contribution < 1.29 is 14.3 Å². The Hall–Kier alpha value is -3.29. The Morgan fingerprint density at radius 2 is 1.83 bits per heavy atom. The van der Waals surface area contributed by atoms with Gasteiger partial charge in [-0.25, -0.2) is 9.97 Å². The zero-order valence-electron chi connectivity index (χ0n) is 17.2. The van der Waals surface area contributed by atoms with Crippen LogP contribution < -0.4 is 15.4 Å². The lowest BCUT2D eigenvalue weighted by Crippen LogP contribution is -2.15. The zero-order chi connectivity index (χ0) is 21.2. The van der Waals surface area contributed by atoms with Crippen LogP contribution in [0.15, 0.2) is 67.0 Å². The van der Waals surface area contributed by atoms with Crippen molar-refractivity contribution >= 4 is 11.6 Å². The minimum Gasteiger partial charge on any atom is -0.467 e. The van der Waals surface area contributed by atoms with Gasteiger partial charge < -0.3 is 20.1 Å². The summed E-state index contributed by atoms with van der Waals surface area (Å²) in [4.78, 5) is 20.3. The van der Waals surface area contributed by atoms with Crippen molar-refractivity contribution in [3.05, 3.63) is 83.7 Å². The lowest BCUT2D eigenvalue weighted by Gasteiger charge is -2.19. The van der Waals surface area contributed by atoms with E-state index in [1.165, 1.54) is 19.5 Å². The molecule has 0 fully saturated rings. The molecule has 0 bridgehead atoms. The van der Waals surface area contributed by atoms with Gasteiger partial charge >= 0.3 is 6.01 Å². The van der Waals surface area contributed by atoms with E-state index in [0.29, 0.717) is 17.9 Å². The normalized spacial score (nSPS) is 11.7. The van der Waals surface area contributed by atoms with Crippen molar-refractivity contribution in [2.24, 2.45) is 0 Å². The predicted octanol–water partition coefficient (Wildman–Crippen LogP) is 3.60. The Morgan fingerprint density at radius 1 is 1.07 bits per heavy atom. The molecule has 0 saturated carbocycles. The fourth-order valence-corrected chi connectivity index (χ4v) is 2.97. The van der Waals surface area contributed by atoms with E-state index in [1.807, 2.05) is 49.5 Å². The van der Waals surface area contributed by atoms with Crippen LogP contribution >= 0.6 is 0 Å². The molecule has 1 amide bonds. The van der Waals surface area contributed by atoms with E-state index in [9.17, 15) is 4.79 Å². The monoisotopic (exact) mass is 406 g/mol. The Bertz CT molecular complexity index is 933. The van der Waals surface area contributed by atoms with Crippen LogP contribution in [-0.2, 0) is 11.3 Å². The number of nitrogens with one attached hydrogen (secondary N) is 2. The van der Waals surface area contributed by atoms with Gasteiger partial charge in [-0.05, 0) is 43.3 Å². The van der Waals surface area contributed by atoms with E-state index in [-0.39, 0.29) is 18.0 Å². The zero-order valence-corrected chi connectivity index (χ0v) is 17.2. The molecule has 3 aromatic rings. The summed E-state index contributed by atoms with van der Waals surface area (Å²) in [5.41, 5.74) is 3.16. The number of carbonyl (C=O) groups is 1. The number of aromatic nitrogens is 2. The minimum absolute atomic E-state index is 0.00616. The molecule has 2 N–H and O–H groups in total. The molecule has 1 heterocycles. The van der Waals surface area contributed by atoms with Gasteiger partial charge in [0.1, 0.15) is 0 Å². The highest BCUT2D eigenvalue weighted by Gasteiger charge is 2.12. The fourth-order valence-electron chi connectivity index (χ4n) is 2.97. The average molecular weight is 406 g/mol. The van der Waals surface area contributed by atoms with E-state index in [4.69, 9.17) is 9.47 Å². The Morgan fingerprint density at radius 3 is 2.53 bits per heavy atom. The van der Waals surface area contributed by atoms with Crippen molar-refractivity contribution in [1.82, 2.24) is 15.3 Å². The Balaban J connectivity index is 1.63. The summed E-state index contributed by atoms with van der Waals surface area (Å²) in [7, 11) is 3.41. The van der Waals surface area contributed by atoms with Gasteiger partial charge in [-0.1, -0.05) is 42.5 Å². The molecule has 3 rings (SSSR count). The van der Waals surface area contributed by atoms with Crippen LogP contribution in [0.4, 0.5) is 5.69 Å². The minimum atomic E-state index is -0.285. The molecular formula is C23H26N4O3. The molecule has 156 valence electrons. The van der Waals surface area contributed by atoms with Gasteiger partial charge in [-0.15, -0.1) is 0 Å². The second-order valence-electron chi connectivity index (χ2n) is 6.72. The maximum absolute atomic E-state index is 12.4. The van der Waals surface area contributed by atoms with Gasteiger partial charge in [0.15, 0.2) is 0 Å². The van der Waals surface area contributed by atoms with Crippen molar-refractivity contribution in [1.29, 1.82) is 0 Å². The SMILES string of the molecule is CNCCC(OCc1cccc(NC(=O)c2cnc(OC)nc2)c1)c1ccccc1. The summed E-state index contributed by atoms with van der Waals surface area (Å²) >= 11 is 0. The highest BCUT2D eigenvalue weighted by atomic mass is 16.5. The number of hydrogen-bond acceptors (Lipinski definition) is 6. The molecule has 1 atom stereocenters. The molecule has 0 aliphatic carbocycles. The molecular weight excluding hydrogens is 380 g/mol. The number of methoxy groups -OCH3 is 1. The van der Waals surface area contributed by atoms with E-state index in [0.717, 1.165) is 24.1 Å². The first-order valence-corrected chi connectivity index (χ1v) is 9.77. The third-order valence-electron chi connectivity index (χ3n) is 4.54. The maximum atomic E-state index is 12.4. The third kappa shape index (κ3) is 6.10. The Labute approximate surface area is 176 Å². The van der Waals surface area contributed by atoms with Gasteiger partial charge in [-0.2, -0.15) is 0 Å². The second-order valence-corrected chi connectivity index (χ2v) is 6.72. The van der Waals surface area contributed by atoms with Gasteiger partial charge in [0.2, 0.25) is 0 Å². The van der Waals surface area contributed by atoms with E-state index >= 15 is 0 Å². The second kappa shape index (κ2) is 11.0. The van der Waals surface area contributed by atoms with Gasteiger partial charge in [-0.3, -0.25) is 4.79 Å². The number of benzene rings is 2. The van der Waals surface area contributed by atoms with Crippen LogP contribution in [0.25, 0.3) is 0 Å². The van der Waals surface area contributed by atoms with Crippen LogP contribution in [0.5, 0.6) is 6.01 Å². The first-order valence-electron chi connectivity index (χ1n) is 9.77. The summed E-state index contributed by atoms with van der Waals surface area (Å²) < 4.78 is 11.1. The summed E-state index contributed by atoms with van der Waals surface area (Å²) in [6.07, 6.45) is 3.73. The topological polar surface area (TPSA) is 85.4 Å². The largest absolute Gasteiger partial charge is 0.467 e. The molecule has 0 aliphatic heterocycles. The number of anilines is 1. The van der Waals surface area contributed by atoms with E-state index in [2.05, 4.69) is 32.7 Å². The fraction of sp³-hybridized carbons (Fsp3) is 0.261. The molecule has 0 radical (unpaired) electrons. The Kier molecular flexibility index (Phi) is 7.88. The van der Waals surface area contributed by atoms with Crippen LogP contribution in [0.2, 0.25) is 0 Å². The maximum Gasteiger partial charge on any atom is 0.316 e. The standard InChI is InChI=1S/C23H26N4O3/c1-24-12-11-21(18-8-4-3-5-9-18)30-16-17-7-6-10-20(13-17)27-22(28)19-14-25-23(29-2)26-15-19/h3-10,13-15,21,24H,11-12,16H2,1-2H3,(H,27,28). The summed E-state index contributed by atoms with van der Waals surface area (Å²) in [6.45, 7) is 1.30. The van der Waals surface area contributed by atoms with Crippen LogP contribution in [-0.4, -0.2) is 36.6 Å². The average Bonchev–Trinajstić information content (AvgIpc) is 2.80. The highest BCUT2D eigenvalue weighted by molar-refractivity contribution is 6.03. The number of rotatable bonds is 10. The smallest absolute Gasteiger partial charge is 0.316 e. The van der Waals surface area contributed by atoms with Crippen molar-refractivity contribution in [3.8, 4) is 6.01 Å². The molecule has 1 aromatic heterocycles. The molecule has 0 aliphatic rings. The lowest BCUT2D eigenvalue weighted by molar-refractivity contribution is 0.0344. The molecule has 0 spiro atoms. The molecule has 1 unspecified atom stereocenters. The van der Waals surface area contributed by atoms with Gasteiger partial charge in [0, 0.05) is 18.1 Å². The number of carbonyl (C=O) groups excluding carboxylic acids is 1. The summed E-state index contributed by atoms with van der Waals surface area (Å²) in [5, 5.41) is 6.04. The van der Waals surface area contributed by atoms with E-state index in [1.54, 1.807) is 0 Å². The third-order valence-corrected chi connectivity index (χ3v) is 4.54.